The maximum atomic E-state index is 12.3. The summed E-state index contributed by atoms with van der Waals surface area (Å²) in [6, 6.07) is 4.37. The normalized spacial score (nSPS) is 13.9. The Kier molecular flexibility index (Phi) is 3.93. The van der Waals surface area contributed by atoms with E-state index in [0.717, 1.165) is 11.1 Å². The van der Waals surface area contributed by atoms with Crippen LogP contribution in [0, 0.1) is 13.8 Å². The zero-order chi connectivity index (χ0) is 12.3. The van der Waals surface area contributed by atoms with Crippen molar-refractivity contribution >= 4 is 0 Å². The van der Waals surface area contributed by atoms with Gasteiger partial charge >= 0.3 is 6.18 Å². The first-order valence-electron chi connectivity index (χ1n) is 4.94. The molecule has 3 N–H and O–H groups in total. The maximum Gasteiger partial charge on any atom is 0.390 e. The second-order valence-corrected chi connectivity index (χ2v) is 3.83. The van der Waals surface area contributed by atoms with E-state index in [-0.39, 0.29) is 0 Å². The van der Waals surface area contributed by atoms with Gasteiger partial charge in [0.15, 0.2) is 0 Å². The molecule has 0 heterocycles. The van der Waals surface area contributed by atoms with Gasteiger partial charge in [0.25, 0.3) is 0 Å². The SMILES string of the molecule is Cc1cccc(C(CC(F)(F)F)NN)c1C. The molecule has 0 fully saturated rings. The van der Waals surface area contributed by atoms with E-state index in [9.17, 15) is 13.2 Å². The summed E-state index contributed by atoms with van der Waals surface area (Å²) in [5.74, 6) is 5.18. The minimum atomic E-state index is -4.23. The van der Waals surface area contributed by atoms with Crippen molar-refractivity contribution in [2.45, 2.75) is 32.5 Å². The molecule has 1 atom stereocenters. The van der Waals surface area contributed by atoms with Gasteiger partial charge in [0.2, 0.25) is 0 Å². The molecule has 0 aliphatic rings. The Hall–Kier alpha value is -1.07. The van der Waals surface area contributed by atoms with Gasteiger partial charge in [0, 0.05) is 0 Å². The van der Waals surface area contributed by atoms with Gasteiger partial charge in [-0.3, -0.25) is 11.3 Å². The van der Waals surface area contributed by atoms with Crippen LogP contribution < -0.4 is 11.3 Å². The van der Waals surface area contributed by atoms with E-state index in [1.807, 2.05) is 13.0 Å². The standard InChI is InChI=1S/C11H15F3N2/c1-7-4-3-5-9(8(7)2)10(16-15)6-11(12,13)14/h3-5,10,16H,6,15H2,1-2H3. The molecule has 0 saturated carbocycles. The smallest absolute Gasteiger partial charge is 0.271 e. The van der Waals surface area contributed by atoms with Crippen LogP contribution in [0.1, 0.15) is 29.2 Å². The Morgan fingerprint density at radius 1 is 1.31 bits per heavy atom. The molecule has 1 rings (SSSR count). The predicted molar refractivity (Wildman–Crippen MR) is 56.7 cm³/mol. The Morgan fingerprint density at radius 2 is 1.94 bits per heavy atom. The molecule has 0 spiro atoms. The van der Waals surface area contributed by atoms with Crippen molar-refractivity contribution in [1.29, 1.82) is 0 Å². The largest absolute Gasteiger partial charge is 0.390 e. The molecule has 0 aliphatic heterocycles. The number of hydrogen-bond donors (Lipinski definition) is 2. The van der Waals surface area contributed by atoms with Crippen molar-refractivity contribution in [2.75, 3.05) is 0 Å². The summed E-state index contributed by atoms with van der Waals surface area (Å²) in [5, 5.41) is 0. The molecule has 0 aliphatic carbocycles. The Labute approximate surface area is 92.6 Å². The van der Waals surface area contributed by atoms with E-state index in [2.05, 4.69) is 5.43 Å². The van der Waals surface area contributed by atoms with Crippen molar-refractivity contribution in [3.8, 4) is 0 Å². The first-order chi connectivity index (χ1) is 7.35. The van der Waals surface area contributed by atoms with E-state index < -0.39 is 18.6 Å². The van der Waals surface area contributed by atoms with Crippen LogP contribution in [0.5, 0.6) is 0 Å². The van der Waals surface area contributed by atoms with Crippen LogP contribution in [0.3, 0.4) is 0 Å². The first-order valence-corrected chi connectivity index (χ1v) is 4.94. The van der Waals surface area contributed by atoms with E-state index in [4.69, 9.17) is 5.84 Å². The van der Waals surface area contributed by atoms with Crippen molar-refractivity contribution in [3.63, 3.8) is 0 Å². The third-order valence-electron chi connectivity index (χ3n) is 2.66. The second kappa shape index (κ2) is 4.84. The molecule has 5 heteroatoms. The zero-order valence-electron chi connectivity index (χ0n) is 9.23. The molecule has 1 aromatic carbocycles. The number of rotatable bonds is 3. The highest BCUT2D eigenvalue weighted by atomic mass is 19.4. The summed E-state index contributed by atoms with van der Waals surface area (Å²) in [4.78, 5) is 0. The summed E-state index contributed by atoms with van der Waals surface area (Å²) >= 11 is 0. The quantitative estimate of drug-likeness (QED) is 0.621. The number of benzene rings is 1. The van der Waals surface area contributed by atoms with Crippen molar-refractivity contribution in [3.05, 3.63) is 34.9 Å². The third kappa shape index (κ3) is 3.21. The van der Waals surface area contributed by atoms with Gasteiger partial charge in [-0.05, 0) is 30.5 Å². The molecule has 90 valence electrons. The Morgan fingerprint density at radius 3 is 2.44 bits per heavy atom. The lowest BCUT2D eigenvalue weighted by molar-refractivity contribution is -0.140. The lowest BCUT2D eigenvalue weighted by Crippen LogP contribution is -2.32. The van der Waals surface area contributed by atoms with Gasteiger partial charge in [-0.15, -0.1) is 0 Å². The third-order valence-corrected chi connectivity index (χ3v) is 2.66. The number of halogens is 3. The van der Waals surface area contributed by atoms with Crippen LogP contribution in [-0.4, -0.2) is 6.18 Å². The van der Waals surface area contributed by atoms with Gasteiger partial charge in [-0.2, -0.15) is 13.2 Å². The minimum Gasteiger partial charge on any atom is -0.271 e. The molecular weight excluding hydrogens is 217 g/mol. The monoisotopic (exact) mass is 232 g/mol. The Bertz CT molecular complexity index is 361. The molecule has 1 aromatic rings. The van der Waals surface area contributed by atoms with Crippen LogP contribution in [0.15, 0.2) is 18.2 Å². The summed E-state index contributed by atoms with van der Waals surface area (Å²) < 4.78 is 36.9. The van der Waals surface area contributed by atoms with Crippen LogP contribution in [-0.2, 0) is 0 Å². The molecule has 16 heavy (non-hydrogen) atoms. The van der Waals surface area contributed by atoms with E-state index in [1.165, 1.54) is 0 Å². The average molecular weight is 232 g/mol. The van der Waals surface area contributed by atoms with E-state index in [0.29, 0.717) is 5.56 Å². The molecule has 0 amide bonds. The average Bonchev–Trinajstić information content (AvgIpc) is 2.18. The summed E-state index contributed by atoms with van der Waals surface area (Å²) in [7, 11) is 0. The van der Waals surface area contributed by atoms with Gasteiger partial charge in [0.1, 0.15) is 0 Å². The molecule has 2 nitrogen and oxygen atoms in total. The molecule has 0 aromatic heterocycles. The second-order valence-electron chi connectivity index (χ2n) is 3.83. The highest BCUT2D eigenvalue weighted by Crippen LogP contribution is 2.31. The van der Waals surface area contributed by atoms with E-state index in [1.54, 1.807) is 19.1 Å². The fourth-order valence-electron chi connectivity index (χ4n) is 1.64. The van der Waals surface area contributed by atoms with Gasteiger partial charge < -0.3 is 0 Å². The first kappa shape index (κ1) is 13.0. The van der Waals surface area contributed by atoms with Crippen LogP contribution in [0.4, 0.5) is 13.2 Å². The summed E-state index contributed by atoms with van der Waals surface area (Å²) in [6.07, 6.45) is -5.19. The lowest BCUT2D eigenvalue weighted by atomic mass is 9.96. The molecule has 0 radical (unpaired) electrons. The van der Waals surface area contributed by atoms with Gasteiger partial charge in [0.05, 0.1) is 12.5 Å². The number of hydrogen-bond acceptors (Lipinski definition) is 2. The number of alkyl halides is 3. The molecular formula is C11H15F3N2. The molecule has 0 saturated heterocycles. The number of nitrogens with two attached hydrogens (primary N) is 1. The topological polar surface area (TPSA) is 38.0 Å². The van der Waals surface area contributed by atoms with E-state index >= 15 is 0 Å². The Balaban J connectivity index is 3.00. The lowest BCUT2D eigenvalue weighted by Gasteiger charge is -2.20. The highest BCUT2D eigenvalue weighted by molar-refractivity contribution is 5.35. The van der Waals surface area contributed by atoms with Crippen LogP contribution in [0.25, 0.3) is 0 Å². The van der Waals surface area contributed by atoms with Crippen molar-refractivity contribution in [2.24, 2.45) is 5.84 Å². The number of hydrazine groups is 1. The maximum absolute atomic E-state index is 12.3. The zero-order valence-corrected chi connectivity index (χ0v) is 9.23. The van der Waals surface area contributed by atoms with Crippen LogP contribution >= 0.6 is 0 Å². The summed E-state index contributed by atoms with van der Waals surface area (Å²) in [5.41, 5.74) is 4.62. The highest BCUT2D eigenvalue weighted by Gasteiger charge is 2.32. The molecule has 0 bridgehead atoms. The predicted octanol–water partition coefficient (Wildman–Crippen LogP) is 2.76. The molecule has 1 unspecified atom stereocenters. The van der Waals surface area contributed by atoms with Crippen molar-refractivity contribution in [1.82, 2.24) is 5.43 Å². The van der Waals surface area contributed by atoms with Crippen molar-refractivity contribution < 1.29 is 13.2 Å². The van der Waals surface area contributed by atoms with Gasteiger partial charge in [-0.25, -0.2) is 0 Å². The summed E-state index contributed by atoms with van der Waals surface area (Å²) in [6.45, 7) is 3.66. The van der Waals surface area contributed by atoms with Gasteiger partial charge in [-0.1, -0.05) is 18.2 Å². The number of nitrogens with one attached hydrogen (secondary N) is 1. The fourth-order valence-corrected chi connectivity index (χ4v) is 1.64. The minimum absolute atomic E-state index is 0.597. The number of aryl methyl sites for hydroxylation is 1. The fraction of sp³-hybridized carbons (Fsp3) is 0.455. The van der Waals surface area contributed by atoms with Crippen LogP contribution in [0.2, 0.25) is 0 Å².